The molecular weight excluding hydrogens is 386 g/mol. The van der Waals surface area contributed by atoms with Crippen LogP contribution in [0.15, 0.2) is 59.0 Å². The minimum Gasteiger partial charge on any atom is -0.364 e. The number of imide groups is 1. The zero-order valence-electron chi connectivity index (χ0n) is 15.9. The summed E-state index contributed by atoms with van der Waals surface area (Å²) in [4.78, 5) is 41.1. The van der Waals surface area contributed by atoms with E-state index in [2.05, 4.69) is 10.6 Å². The maximum Gasteiger partial charge on any atom is 0.325 e. The molecule has 1 aliphatic carbocycles. The van der Waals surface area contributed by atoms with Gasteiger partial charge >= 0.3 is 6.03 Å². The molecular formula is C22H19N3O3S. The minimum absolute atomic E-state index is 0.0622. The number of nitrogens with zero attached hydrogens (tertiary/aromatic N) is 1. The molecule has 3 unspecified atom stereocenters. The summed E-state index contributed by atoms with van der Waals surface area (Å²) in [5.74, 6) is -1.47. The molecule has 6 nitrogen and oxygen atoms in total. The molecule has 0 saturated carbocycles. The number of allylic oxidation sites excluding steroid dienone is 1. The summed E-state index contributed by atoms with van der Waals surface area (Å²) in [5, 5.41) is 5.77. The van der Waals surface area contributed by atoms with Crippen molar-refractivity contribution in [3.05, 3.63) is 70.8 Å². The molecule has 2 aromatic rings. The van der Waals surface area contributed by atoms with Gasteiger partial charge in [-0.2, -0.15) is 0 Å². The van der Waals surface area contributed by atoms with E-state index in [9.17, 15) is 14.4 Å². The van der Waals surface area contributed by atoms with E-state index in [0.29, 0.717) is 11.1 Å². The average Bonchev–Trinajstić information content (AvgIpc) is 3.03. The molecule has 0 radical (unpaired) electrons. The van der Waals surface area contributed by atoms with Gasteiger partial charge in [-0.1, -0.05) is 36.4 Å². The summed E-state index contributed by atoms with van der Waals surface area (Å²) in [7, 11) is 1.66. The van der Waals surface area contributed by atoms with Crippen LogP contribution in [0.3, 0.4) is 0 Å². The molecule has 1 saturated heterocycles. The lowest BCUT2D eigenvalue weighted by atomic mass is 9.73. The predicted octanol–water partition coefficient (Wildman–Crippen LogP) is 2.83. The molecule has 7 heteroatoms. The van der Waals surface area contributed by atoms with E-state index >= 15 is 0 Å². The molecule has 2 aliphatic heterocycles. The van der Waals surface area contributed by atoms with Crippen molar-refractivity contribution in [3.8, 4) is 0 Å². The largest absolute Gasteiger partial charge is 0.364 e. The number of rotatable bonds is 2. The van der Waals surface area contributed by atoms with Gasteiger partial charge in [0, 0.05) is 34.6 Å². The maximum absolute atomic E-state index is 13.4. The molecule has 29 heavy (non-hydrogen) atoms. The standard InChI is InChI=1S/C22H19N3O3S/c1-25-20-17(21(27)24-22(25)28)15(11-7-9-12(29-2)10-8-11)16-18(23-20)13-5-3-4-6-14(13)19(16)26/h3-10,15,17,20,23H,1-2H3,(H,24,27,28). The number of benzene rings is 2. The Bertz CT molecular complexity index is 1090. The Labute approximate surface area is 172 Å². The molecule has 1 fully saturated rings. The van der Waals surface area contributed by atoms with Crippen molar-refractivity contribution in [3.63, 3.8) is 0 Å². The zero-order valence-corrected chi connectivity index (χ0v) is 16.7. The number of nitrogens with one attached hydrogen (secondary N) is 2. The highest BCUT2D eigenvalue weighted by atomic mass is 32.2. The highest BCUT2D eigenvalue weighted by Crippen LogP contribution is 2.48. The topological polar surface area (TPSA) is 78.5 Å². The van der Waals surface area contributed by atoms with Crippen molar-refractivity contribution in [1.82, 2.24) is 15.5 Å². The average molecular weight is 405 g/mol. The van der Waals surface area contributed by atoms with Crippen LogP contribution >= 0.6 is 11.8 Å². The number of carbonyl (C=O) groups is 3. The molecule has 146 valence electrons. The van der Waals surface area contributed by atoms with Gasteiger partial charge in [0.1, 0.15) is 6.17 Å². The van der Waals surface area contributed by atoms with E-state index in [1.807, 2.05) is 54.8 Å². The third kappa shape index (κ3) is 2.54. The van der Waals surface area contributed by atoms with Crippen LogP contribution in [0.4, 0.5) is 4.79 Å². The molecule has 0 aromatic heterocycles. The molecule has 2 N–H and O–H groups in total. The van der Waals surface area contributed by atoms with Crippen LogP contribution in [0.1, 0.15) is 27.4 Å². The SMILES string of the molecule is CSc1ccc(C2C3=C(NC4C2C(=O)NC(=O)N4C)c2ccccc2C3=O)cc1. The van der Waals surface area contributed by atoms with E-state index in [-0.39, 0.29) is 11.7 Å². The van der Waals surface area contributed by atoms with Crippen LogP contribution in [-0.2, 0) is 4.79 Å². The fourth-order valence-corrected chi connectivity index (χ4v) is 4.98. The lowest BCUT2D eigenvalue weighted by Gasteiger charge is -2.46. The molecule has 5 rings (SSSR count). The Balaban J connectivity index is 1.72. The fraction of sp³-hybridized carbons (Fsp3) is 0.227. The van der Waals surface area contributed by atoms with Crippen molar-refractivity contribution in [2.75, 3.05) is 13.3 Å². The highest BCUT2D eigenvalue weighted by Gasteiger charge is 2.52. The second kappa shape index (κ2) is 6.49. The number of ketones is 1. The number of carbonyl (C=O) groups excluding carboxylic acids is 3. The highest BCUT2D eigenvalue weighted by molar-refractivity contribution is 7.98. The number of thioether (sulfide) groups is 1. The van der Waals surface area contributed by atoms with Gasteiger partial charge in [0.25, 0.3) is 0 Å². The van der Waals surface area contributed by atoms with Crippen molar-refractivity contribution < 1.29 is 14.4 Å². The molecule has 2 heterocycles. The van der Waals surface area contributed by atoms with E-state index in [1.54, 1.807) is 18.8 Å². The summed E-state index contributed by atoms with van der Waals surface area (Å²) >= 11 is 1.63. The molecule has 0 bridgehead atoms. The van der Waals surface area contributed by atoms with E-state index in [1.165, 1.54) is 4.90 Å². The summed E-state index contributed by atoms with van der Waals surface area (Å²) in [6, 6.07) is 15.0. The van der Waals surface area contributed by atoms with Gasteiger partial charge in [0.2, 0.25) is 5.91 Å². The number of fused-ring (bicyclic) bond motifs is 3. The van der Waals surface area contributed by atoms with Crippen LogP contribution in [0.2, 0.25) is 0 Å². The smallest absolute Gasteiger partial charge is 0.325 e. The first-order chi connectivity index (χ1) is 14.0. The summed E-state index contributed by atoms with van der Waals surface area (Å²) in [6.45, 7) is 0. The third-order valence-corrected chi connectivity index (χ3v) is 6.75. The lowest BCUT2D eigenvalue weighted by molar-refractivity contribution is -0.129. The first-order valence-corrected chi connectivity index (χ1v) is 10.6. The lowest BCUT2D eigenvalue weighted by Crippen LogP contribution is -2.66. The maximum atomic E-state index is 13.4. The van der Waals surface area contributed by atoms with E-state index < -0.39 is 24.0 Å². The number of amides is 3. The van der Waals surface area contributed by atoms with Crippen LogP contribution in [0.5, 0.6) is 0 Å². The van der Waals surface area contributed by atoms with Crippen LogP contribution in [0.25, 0.3) is 5.70 Å². The Kier molecular flexibility index (Phi) is 4.03. The number of urea groups is 1. The molecule has 0 spiro atoms. The Hall–Kier alpha value is -3.06. The van der Waals surface area contributed by atoms with Gasteiger partial charge in [-0.05, 0) is 24.0 Å². The van der Waals surface area contributed by atoms with Crippen molar-refractivity contribution in [1.29, 1.82) is 0 Å². The molecule has 3 aliphatic rings. The summed E-state index contributed by atoms with van der Waals surface area (Å²) < 4.78 is 0. The predicted molar refractivity (Wildman–Crippen MR) is 110 cm³/mol. The third-order valence-electron chi connectivity index (χ3n) is 6.00. The molecule has 3 amide bonds. The van der Waals surface area contributed by atoms with Crippen molar-refractivity contribution in [2.45, 2.75) is 17.0 Å². The van der Waals surface area contributed by atoms with Gasteiger partial charge in [-0.15, -0.1) is 11.8 Å². The summed E-state index contributed by atoms with van der Waals surface area (Å²) in [6.07, 6.45) is 1.47. The zero-order chi connectivity index (χ0) is 20.3. The van der Waals surface area contributed by atoms with Crippen LogP contribution in [-0.4, -0.2) is 42.1 Å². The van der Waals surface area contributed by atoms with Gasteiger partial charge < -0.3 is 10.2 Å². The molecule has 2 aromatic carbocycles. The number of Topliss-reactive ketones (excluding diaryl/α,β-unsaturated/α-hetero) is 1. The van der Waals surface area contributed by atoms with E-state index in [0.717, 1.165) is 21.7 Å². The van der Waals surface area contributed by atoms with E-state index in [4.69, 9.17) is 0 Å². The van der Waals surface area contributed by atoms with Gasteiger partial charge in [0.15, 0.2) is 5.78 Å². The van der Waals surface area contributed by atoms with Crippen LogP contribution < -0.4 is 10.6 Å². The molecule has 3 atom stereocenters. The second-order valence-electron chi connectivity index (χ2n) is 7.43. The Morgan fingerprint density at radius 2 is 1.66 bits per heavy atom. The first-order valence-electron chi connectivity index (χ1n) is 9.37. The fourth-order valence-electron chi connectivity index (χ4n) is 4.58. The van der Waals surface area contributed by atoms with Crippen molar-refractivity contribution in [2.24, 2.45) is 5.92 Å². The van der Waals surface area contributed by atoms with Gasteiger partial charge in [-0.3, -0.25) is 14.9 Å². The second-order valence-corrected chi connectivity index (χ2v) is 8.31. The Morgan fingerprint density at radius 3 is 2.34 bits per heavy atom. The monoisotopic (exact) mass is 405 g/mol. The van der Waals surface area contributed by atoms with Crippen LogP contribution in [0, 0.1) is 5.92 Å². The Morgan fingerprint density at radius 1 is 0.966 bits per heavy atom. The number of hydrogen-bond acceptors (Lipinski definition) is 5. The quantitative estimate of drug-likeness (QED) is 0.752. The van der Waals surface area contributed by atoms with Crippen molar-refractivity contribution >= 4 is 35.2 Å². The van der Waals surface area contributed by atoms with Gasteiger partial charge in [-0.25, -0.2) is 4.79 Å². The minimum atomic E-state index is -0.602. The normalized spacial score (nSPS) is 25.2. The first kappa shape index (κ1) is 18.0. The summed E-state index contributed by atoms with van der Waals surface area (Å²) in [5.41, 5.74) is 3.67. The van der Waals surface area contributed by atoms with Gasteiger partial charge in [0.05, 0.1) is 11.6 Å². The number of hydrogen-bond donors (Lipinski definition) is 2.